The number of hydrogen-bond donors (Lipinski definition) is 0. The van der Waals surface area contributed by atoms with Crippen molar-refractivity contribution in [2.75, 3.05) is 0 Å². The van der Waals surface area contributed by atoms with Crippen LogP contribution in [0.15, 0.2) is 36.4 Å². The molecular weight excluding hydrogens is 272 g/mol. The first kappa shape index (κ1) is 13.7. The molecule has 3 rings (SSSR count). The lowest BCUT2D eigenvalue weighted by molar-refractivity contribution is 0.153. The maximum absolute atomic E-state index is 13.4. The minimum atomic E-state index is -2.55. The molecule has 0 saturated carbocycles. The molecule has 0 radical (unpaired) electrons. The van der Waals surface area contributed by atoms with Crippen LogP contribution in [0.3, 0.4) is 0 Å². The number of pyridine rings is 1. The molecule has 1 aromatic carbocycles. The van der Waals surface area contributed by atoms with Crippen LogP contribution >= 0.6 is 0 Å². The van der Waals surface area contributed by atoms with Crippen LogP contribution in [-0.2, 0) is 6.54 Å². The van der Waals surface area contributed by atoms with Crippen molar-refractivity contribution >= 4 is 11.0 Å². The van der Waals surface area contributed by atoms with Gasteiger partial charge >= 0.3 is 0 Å². The van der Waals surface area contributed by atoms with E-state index in [4.69, 9.17) is 0 Å². The molecule has 0 bridgehead atoms. The van der Waals surface area contributed by atoms with Gasteiger partial charge in [0, 0.05) is 17.7 Å². The zero-order valence-electron chi connectivity index (χ0n) is 11.8. The van der Waals surface area contributed by atoms with Gasteiger partial charge in [0.2, 0.25) is 0 Å². The maximum Gasteiger partial charge on any atom is 0.264 e. The van der Waals surface area contributed by atoms with Gasteiger partial charge in [0.25, 0.3) is 6.43 Å². The topological polar surface area (TPSA) is 30.7 Å². The summed E-state index contributed by atoms with van der Waals surface area (Å²) in [7, 11) is 0. The van der Waals surface area contributed by atoms with E-state index in [2.05, 4.69) is 10.1 Å². The van der Waals surface area contributed by atoms with Gasteiger partial charge in [-0.1, -0.05) is 30.3 Å². The average Bonchev–Trinajstić information content (AvgIpc) is 2.83. The summed E-state index contributed by atoms with van der Waals surface area (Å²) >= 11 is 0. The Balaban J connectivity index is 2.34. The van der Waals surface area contributed by atoms with Crippen molar-refractivity contribution in [1.82, 2.24) is 14.8 Å². The minimum Gasteiger partial charge on any atom is -0.247 e. The molecule has 0 saturated heterocycles. The van der Waals surface area contributed by atoms with Gasteiger partial charge in [-0.05, 0) is 19.9 Å². The van der Waals surface area contributed by atoms with Crippen molar-refractivity contribution in [2.24, 2.45) is 0 Å². The molecule has 2 heterocycles. The average molecular weight is 287 g/mol. The number of alkyl halides is 2. The summed E-state index contributed by atoms with van der Waals surface area (Å²) in [4.78, 5) is 4.55. The molecule has 0 aliphatic heterocycles. The first-order chi connectivity index (χ1) is 10.1. The van der Waals surface area contributed by atoms with Crippen LogP contribution in [0.25, 0.3) is 22.3 Å². The van der Waals surface area contributed by atoms with Crippen LogP contribution in [0.1, 0.15) is 24.6 Å². The first-order valence-corrected chi connectivity index (χ1v) is 6.83. The van der Waals surface area contributed by atoms with Crippen LogP contribution in [0.5, 0.6) is 0 Å². The van der Waals surface area contributed by atoms with E-state index < -0.39 is 6.43 Å². The van der Waals surface area contributed by atoms with Gasteiger partial charge in [-0.2, -0.15) is 5.10 Å². The van der Waals surface area contributed by atoms with Crippen molar-refractivity contribution in [1.29, 1.82) is 0 Å². The highest BCUT2D eigenvalue weighted by atomic mass is 19.3. The molecule has 0 atom stereocenters. The molecule has 0 unspecified atom stereocenters. The van der Waals surface area contributed by atoms with E-state index >= 15 is 0 Å². The third-order valence-electron chi connectivity index (χ3n) is 3.51. The highest BCUT2D eigenvalue weighted by Gasteiger charge is 2.20. The number of halogens is 2. The highest BCUT2D eigenvalue weighted by Crippen LogP contribution is 2.32. The Bertz CT molecular complexity index is 779. The van der Waals surface area contributed by atoms with Gasteiger partial charge in [-0.3, -0.25) is 0 Å². The molecule has 108 valence electrons. The summed E-state index contributed by atoms with van der Waals surface area (Å²) in [5.74, 6) is 0. The number of fused-ring (bicyclic) bond motifs is 1. The Morgan fingerprint density at radius 2 is 1.90 bits per heavy atom. The second kappa shape index (κ2) is 5.24. The zero-order valence-corrected chi connectivity index (χ0v) is 11.8. The van der Waals surface area contributed by atoms with Gasteiger partial charge in [-0.25, -0.2) is 18.4 Å². The Morgan fingerprint density at radius 1 is 1.19 bits per heavy atom. The summed E-state index contributed by atoms with van der Waals surface area (Å²) < 4.78 is 28.5. The lowest BCUT2D eigenvalue weighted by Crippen LogP contribution is -1.99. The molecule has 0 aliphatic rings. The van der Waals surface area contributed by atoms with Crippen LogP contribution < -0.4 is 0 Å². The number of nitrogens with zero attached hydrogens (tertiary/aromatic N) is 3. The number of hydrogen-bond acceptors (Lipinski definition) is 2. The molecule has 5 heteroatoms. The summed E-state index contributed by atoms with van der Waals surface area (Å²) in [6, 6.07) is 10.8. The second-order valence-corrected chi connectivity index (χ2v) is 4.86. The zero-order chi connectivity index (χ0) is 15.0. The maximum atomic E-state index is 13.4. The summed E-state index contributed by atoms with van der Waals surface area (Å²) in [5.41, 5.74) is 2.48. The molecule has 0 spiro atoms. The van der Waals surface area contributed by atoms with E-state index in [9.17, 15) is 8.78 Å². The fourth-order valence-corrected chi connectivity index (χ4v) is 2.54. The molecule has 21 heavy (non-hydrogen) atoms. The number of rotatable bonds is 3. The van der Waals surface area contributed by atoms with Crippen LogP contribution in [-0.4, -0.2) is 14.8 Å². The Kier molecular flexibility index (Phi) is 3.41. The van der Waals surface area contributed by atoms with Gasteiger partial charge in [0.15, 0.2) is 5.65 Å². The van der Waals surface area contributed by atoms with Crippen molar-refractivity contribution in [2.45, 2.75) is 26.8 Å². The van der Waals surface area contributed by atoms with Crippen molar-refractivity contribution < 1.29 is 8.78 Å². The fraction of sp³-hybridized carbons (Fsp3) is 0.250. The quantitative estimate of drug-likeness (QED) is 0.716. The Morgan fingerprint density at radius 3 is 2.52 bits per heavy atom. The van der Waals surface area contributed by atoms with E-state index in [1.54, 1.807) is 11.6 Å². The third-order valence-corrected chi connectivity index (χ3v) is 3.51. The normalized spacial score (nSPS) is 11.5. The Hall–Kier alpha value is -2.30. The molecule has 0 N–H and O–H groups in total. The molecule has 0 aliphatic carbocycles. The van der Waals surface area contributed by atoms with E-state index in [0.717, 1.165) is 5.56 Å². The largest absolute Gasteiger partial charge is 0.264 e. The lowest BCUT2D eigenvalue weighted by atomic mass is 10.1. The fourth-order valence-electron chi connectivity index (χ4n) is 2.54. The highest BCUT2D eigenvalue weighted by molar-refractivity contribution is 5.85. The molecule has 3 aromatic rings. The third kappa shape index (κ3) is 2.28. The van der Waals surface area contributed by atoms with Crippen molar-refractivity contribution in [3.8, 4) is 11.3 Å². The number of aryl methyl sites for hydroxylation is 2. The minimum absolute atomic E-state index is 0.00365. The van der Waals surface area contributed by atoms with E-state index in [1.165, 1.54) is 6.07 Å². The number of benzene rings is 1. The second-order valence-electron chi connectivity index (χ2n) is 4.86. The van der Waals surface area contributed by atoms with Crippen LogP contribution in [0, 0.1) is 6.92 Å². The number of aromatic nitrogens is 3. The van der Waals surface area contributed by atoms with E-state index in [0.29, 0.717) is 29.0 Å². The lowest BCUT2D eigenvalue weighted by Gasteiger charge is -2.08. The first-order valence-electron chi connectivity index (χ1n) is 6.83. The van der Waals surface area contributed by atoms with Crippen LogP contribution in [0.2, 0.25) is 0 Å². The van der Waals surface area contributed by atoms with E-state index in [-0.39, 0.29) is 5.56 Å². The monoisotopic (exact) mass is 287 g/mol. The van der Waals surface area contributed by atoms with Gasteiger partial charge in [0.1, 0.15) is 0 Å². The van der Waals surface area contributed by atoms with Gasteiger partial charge in [0.05, 0.1) is 16.8 Å². The summed E-state index contributed by atoms with van der Waals surface area (Å²) in [6.45, 7) is 4.26. The standard InChI is InChI=1S/C16H15F2N3/c1-3-21-16-14(10(2)20-21)12(15(17)18)9-13(19-16)11-7-5-4-6-8-11/h4-9,15H,3H2,1-2H3. The Labute approximate surface area is 121 Å². The summed E-state index contributed by atoms with van der Waals surface area (Å²) in [6.07, 6.45) is -2.55. The molecule has 3 nitrogen and oxygen atoms in total. The summed E-state index contributed by atoms with van der Waals surface area (Å²) in [5, 5.41) is 4.77. The molecular formula is C16H15F2N3. The predicted molar refractivity (Wildman–Crippen MR) is 78.3 cm³/mol. The van der Waals surface area contributed by atoms with Gasteiger partial charge < -0.3 is 0 Å². The van der Waals surface area contributed by atoms with E-state index in [1.807, 2.05) is 37.3 Å². The predicted octanol–water partition coefficient (Wildman–Crippen LogP) is 4.36. The molecule has 0 amide bonds. The van der Waals surface area contributed by atoms with Gasteiger partial charge in [-0.15, -0.1) is 0 Å². The smallest absolute Gasteiger partial charge is 0.247 e. The SMILES string of the molecule is CCn1nc(C)c2c(C(F)F)cc(-c3ccccc3)nc21. The van der Waals surface area contributed by atoms with Crippen molar-refractivity contribution in [3.63, 3.8) is 0 Å². The van der Waals surface area contributed by atoms with Crippen LogP contribution in [0.4, 0.5) is 8.78 Å². The molecule has 0 fully saturated rings. The molecule has 2 aromatic heterocycles. The van der Waals surface area contributed by atoms with Crippen molar-refractivity contribution in [3.05, 3.63) is 47.7 Å².